The number of thiocarbonyl (C=S) groups is 1. The average molecular weight is 317 g/mol. The first-order valence-corrected chi connectivity index (χ1v) is 7.55. The van der Waals surface area contributed by atoms with E-state index >= 15 is 0 Å². The fraction of sp³-hybridized carbons (Fsp3) is 0.500. The summed E-state index contributed by atoms with van der Waals surface area (Å²) in [5.41, 5.74) is 1.07. The third kappa shape index (κ3) is 3.98. The van der Waals surface area contributed by atoms with Gasteiger partial charge in [-0.1, -0.05) is 43.1 Å². The predicted octanol–water partition coefficient (Wildman–Crippen LogP) is 4.86. The van der Waals surface area contributed by atoms with Gasteiger partial charge < -0.3 is 10.6 Å². The molecule has 0 saturated heterocycles. The van der Waals surface area contributed by atoms with E-state index in [2.05, 4.69) is 24.5 Å². The molecule has 0 radical (unpaired) electrons. The average Bonchev–Trinajstić information content (AvgIpc) is 2.63. The molecule has 104 valence electrons. The first kappa shape index (κ1) is 14.9. The summed E-state index contributed by atoms with van der Waals surface area (Å²) in [7, 11) is 0. The maximum Gasteiger partial charge on any atom is 0.171 e. The normalized spacial score (nSPS) is 21.2. The summed E-state index contributed by atoms with van der Waals surface area (Å²) >= 11 is 17.5. The molecule has 0 aromatic heterocycles. The second-order valence-electron chi connectivity index (χ2n) is 5.80. The van der Waals surface area contributed by atoms with E-state index in [0.29, 0.717) is 32.3 Å². The van der Waals surface area contributed by atoms with Gasteiger partial charge in [0, 0.05) is 6.04 Å². The van der Waals surface area contributed by atoms with Crippen molar-refractivity contribution in [1.82, 2.24) is 5.32 Å². The number of anilines is 1. The molecule has 0 amide bonds. The third-order valence-electron chi connectivity index (χ3n) is 3.51. The Bertz CT molecular complexity index is 468. The minimum absolute atomic E-state index is 0.398. The molecule has 1 saturated carbocycles. The molecule has 0 bridgehead atoms. The van der Waals surface area contributed by atoms with Crippen molar-refractivity contribution >= 4 is 46.2 Å². The number of nitrogens with one attached hydrogen (secondary N) is 2. The summed E-state index contributed by atoms with van der Waals surface area (Å²) in [6.45, 7) is 4.58. The molecule has 2 nitrogen and oxygen atoms in total. The van der Waals surface area contributed by atoms with E-state index in [4.69, 9.17) is 35.4 Å². The van der Waals surface area contributed by atoms with Crippen LogP contribution in [0.3, 0.4) is 0 Å². The highest BCUT2D eigenvalue weighted by atomic mass is 35.5. The van der Waals surface area contributed by atoms with Crippen molar-refractivity contribution in [2.24, 2.45) is 5.41 Å². The van der Waals surface area contributed by atoms with Crippen LogP contribution in [0.4, 0.5) is 5.69 Å². The lowest BCUT2D eigenvalue weighted by molar-refractivity contribution is 0.372. The van der Waals surface area contributed by atoms with Crippen molar-refractivity contribution in [3.8, 4) is 0 Å². The summed E-state index contributed by atoms with van der Waals surface area (Å²) in [5, 5.41) is 8.16. The number of benzene rings is 1. The van der Waals surface area contributed by atoms with Gasteiger partial charge in [0.15, 0.2) is 5.11 Å². The smallest absolute Gasteiger partial charge is 0.171 e. The largest absolute Gasteiger partial charge is 0.360 e. The first-order valence-electron chi connectivity index (χ1n) is 6.39. The second-order valence-corrected chi connectivity index (χ2v) is 7.02. The van der Waals surface area contributed by atoms with Crippen LogP contribution in [0.5, 0.6) is 0 Å². The molecule has 0 aliphatic heterocycles. The van der Waals surface area contributed by atoms with Gasteiger partial charge in [-0.05, 0) is 49.0 Å². The summed E-state index contributed by atoms with van der Waals surface area (Å²) in [5.74, 6) is 0. The van der Waals surface area contributed by atoms with Gasteiger partial charge >= 0.3 is 0 Å². The standard InChI is InChI=1S/C14H18Cl2N2S/c1-14(2)7-6-9(8-14)17-13(19)18-12-10(15)4-3-5-11(12)16/h3-5,9H,6-8H2,1-2H3,(H2,17,18,19). The number of para-hydroxylation sites is 1. The van der Waals surface area contributed by atoms with Crippen molar-refractivity contribution in [3.63, 3.8) is 0 Å². The fourth-order valence-corrected chi connectivity index (χ4v) is 3.27. The van der Waals surface area contributed by atoms with Gasteiger partial charge in [-0.3, -0.25) is 0 Å². The minimum Gasteiger partial charge on any atom is -0.360 e. The number of hydrogen-bond acceptors (Lipinski definition) is 1. The van der Waals surface area contributed by atoms with E-state index in [1.54, 1.807) is 12.1 Å². The lowest BCUT2D eigenvalue weighted by Crippen LogP contribution is -2.36. The van der Waals surface area contributed by atoms with E-state index in [9.17, 15) is 0 Å². The number of rotatable bonds is 2. The molecule has 0 heterocycles. The Kier molecular flexibility index (Phi) is 4.59. The maximum absolute atomic E-state index is 6.10. The Labute approximate surface area is 129 Å². The Morgan fingerprint density at radius 2 is 1.95 bits per heavy atom. The zero-order valence-corrected chi connectivity index (χ0v) is 13.4. The molecule has 2 N–H and O–H groups in total. The molecule has 1 aromatic rings. The van der Waals surface area contributed by atoms with E-state index in [-0.39, 0.29) is 0 Å². The van der Waals surface area contributed by atoms with Crippen molar-refractivity contribution in [1.29, 1.82) is 0 Å². The molecule has 1 fully saturated rings. The highest BCUT2D eigenvalue weighted by Gasteiger charge is 2.31. The summed E-state index contributed by atoms with van der Waals surface area (Å²) in [6, 6.07) is 5.82. The Balaban J connectivity index is 1.95. The van der Waals surface area contributed by atoms with Gasteiger partial charge in [-0.15, -0.1) is 0 Å². The highest BCUT2D eigenvalue weighted by molar-refractivity contribution is 7.80. The van der Waals surface area contributed by atoms with Crippen LogP contribution >= 0.6 is 35.4 Å². The van der Waals surface area contributed by atoms with Gasteiger partial charge in [0.05, 0.1) is 15.7 Å². The van der Waals surface area contributed by atoms with E-state index < -0.39 is 0 Å². The lowest BCUT2D eigenvalue weighted by Gasteiger charge is -2.20. The van der Waals surface area contributed by atoms with Gasteiger partial charge in [0.1, 0.15) is 0 Å². The molecule has 5 heteroatoms. The van der Waals surface area contributed by atoms with E-state index in [1.165, 1.54) is 6.42 Å². The topological polar surface area (TPSA) is 24.1 Å². The molecule has 2 rings (SSSR count). The van der Waals surface area contributed by atoms with Crippen LogP contribution in [0.1, 0.15) is 33.1 Å². The van der Waals surface area contributed by atoms with Gasteiger partial charge in [-0.25, -0.2) is 0 Å². The molecule has 1 aliphatic rings. The zero-order chi connectivity index (χ0) is 14.0. The lowest BCUT2D eigenvalue weighted by atomic mass is 9.92. The van der Waals surface area contributed by atoms with Gasteiger partial charge in [0.25, 0.3) is 0 Å². The van der Waals surface area contributed by atoms with Crippen LogP contribution < -0.4 is 10.6 Å². The summed E-state index contributed by atoms with van der Waals surface area (Å²) in [6.07, 6.45) is 3.50. The SMILES string of the molecule is CC1(C)CCC(NC(=S)Nc2c(Cl)cccc2Cl)C1. The van der Waals surface area contributed by atoms with E-state index in [1.807, 2.05) is 6.07 Å². The van der Waals surface area contributed by atoms with Crippen LogP contribution in [-0.2, 0) is 0 Å². The minimum atomic E-state index is 0.398. The Hall–Kier alpha value is -0.510. The van der Waals surface area contributed by atoms with Crippen LogP contribution in [0.25, 0.3) is 0 Å². The molecular weight excluding hydrogens is 299 g/mol. The quantitative estimate of drug-likeness (QED) is 0.762. The van der Waals surface area contributed by atoms with Crippen LogP contribution in [0.2, 0.25) is 10.0 Å². The van der Waals surface area contributed by atoms with Crippen molar-refractivity contribution in [2.45, 2.75) is 39.2 Å². The molecule has 1 unspecified atom stereocenters. The number of hydrogen-bond donors (Lipinski definition) is 2. The Morgan fingerprint density at radius 3 is 2.47 bits per heavy atom. The molecule has 0 spiro atoms. The molecule has 1 atom stereocenters. The van der Waals surface area contributed by atoms with Crippen molar-refractivity contribution < 1.29 is 0 Å². The summed E-state index contributed by atoms with van der Waals surface area (Å²) < 4.78 is 0. The monoisotopic (exact) mass is 316 g/mol. The molecule has 19 heavy (non-hydrogen) atoms. The maximum atomic E-state index is 6.10. The van der Waals surface area contributed by atoms with Crippen LogP contribution in [-0.4, -0.2) is 11.2 Å². The molecular formula is C14H18Cl2N2S. The molecule has 1 aromatic carbocycles. The highest BCUT2D eigenvalue weighted by Crippen LogP contribution is 2.37. The van der Waals surface area contributed by atoms with Gasteiger partial charge in [0.2, 0.25) is 0 Å². The first-order chi connectivity index (χ1) is 8.87. The summed E-state index contributed by atoms with van der Waals surface area (Å²) in [4.78, 5) is 0. The predicted molar refractivity (Wildman–Crippen MR) is 87.2 cm³/mol. The zero-order valence-electron chi connectivity index (χ0n) is 11.1. The van der Waals surface area contributed by atoms with E-state index in [0.717, 1.165) is 12.8 Å². The van der Waals surface area contributed by atoms with Crippen LogP contribution in [0, 0.1) is 5.41 Å². The fourth-order valence-electron chi connectivity index (χ4n) is 2.51. The Morgan fingerprint density at radius 1 is 1.32 bits per heavy atom. The number of halogens is 2. The molecule has 1 aliphatic carbocycles. The van der Waals surface area contributed by atoms with Crippen LogP contribution in [0.15, 0.2) is 18.2 Å². The second kappa shape index (κ2) is 5.86. The van der Waals surface area contributed by atoms with Crippen molar-refractivity contribution in [2.75, 3.05) is 5.32 Å². The van der Waals surface area contributed by atoms with Gasteiger partial charge in [-0.2, -0.15) is 0 Å². The third-order valence-corrected chi connectivity index (χ3v) is 4.35. The van der Waals surface area contributed by atoms with Crippen molar-refractivity contribution in [3.05, 3.63) is 28.2 Å².